The van der Waals surface area contributed by atoms with Gasteiger partial charge in [-0.2, -0.15) is 0 Å². The van der Waals surface area contributed by atoms with Gasteiger partial charge in [-0.1, -0.05) is 54.6 Å². The van der Waals surface area contributed by atoms with Gasteiger partial charge < -0.3 is 19.1 Å². The van der Waals surface area contributed by atoms with Crippen molar-refractivity contribution >= 4 is 17.7 Å². The van der Waals surface area contributed by atoms with Crippen molar-refractivity contribution in [2.24, 2.45) is 0 Å². The molecule has 8 heteroatoms. The van der Waals surface area contributed by atoms with Gasteiger partial charge in [0.1, 0.15) is 18.8 Å². The third-order valence-electron chi connectivity index (χ3n) is 6.19. The summed E-state index contributed by atoms with van der Waals surface area (Å²) in [6.45, 7) is 4.42. The van der Waals surface area contributed by atoms with Crippen LogP contribution in [-0.2, 0) is 16.1 Å². The molecule has 1 saturated heterocycles. The van der Waals surface area contributed by atoms with Crippen LogP contribution in [0.4, 0.5) is 14.9 Å². The summed E-state index contributed by atoms with van der Waals surface area (Å²) in [5.41, 5.74) is 3.18. The molecule has 1 fully saturated rings. The minimum absolute atomic E-state index is 0.0516. The first kappa shape index (κ1) is 25.2. The number of rotatable bonds is 7. The number of likely N-dealkylation sites (tertiary alicyclic amines) is 1. The Hall–Kier alpha value is -3.91. The number of methoxy groups -OCH3 is 1. The summed E-state index contributed by atoms with van der Waals surface area (Å²) in [4.78, 5) is 27.1. The molecule has 0 saturated carbocycles. The molecule has 2 atom stereocenters. The minimum Gasteiger partial charge on any atom is -0.483 e. The first-order chi connectivity index (χ1) is 17.4. The minimum atomic E-state index is -0.782. The van der Waals surface area contributed by atoms with Crippen molar-refractivity contribution in [1.29, 1.82) is 0 Å². The highest BCUT2D eigenvalue weighted by Gasteiger charge is 2.38. The molecule has 0 unspecified atom stereocenters. The maximum atomic E-state index is 15.2. The second-order valence-electron chi connectivity index (χ2n) is 8.71. The molecule has 0 spiro atoms. The van der Waals surface area contributed by atoms with E-state index in [0.29, 0.717) is 12.1 Å². The van der Waals surface area contributed by atoms with Gasteiger partial charge in [0.05, 0.1) is 18.8 Å². The summed E-state index contributed by atoms with van der Waals surface area (Å²) in [5, 5.41) is 2.42. The van der Waals surface area contributed by atoms with Gasteiger partial charge in [-0.3, -0.25) is 10.1 Å². The number of halogens is 1. The standard InChI is InChI=1S/C28H29FN2O5/c1-18-9-7-10-19(2)25(18)27(32)31-15-23(34-3)24(16-31)36-22-14-8-13-21(26(22)29)30-28(33)35-17-20-11-5-4-6-12-20/h4-14,23-24H,15-17H2,1-3H3,(H,30,33)/t23-,24-/m1/s1. The van der Waals surface area contributed by atoms with E-state index in [9.17, 15) is 9.59 Å². The zero-order valence-electron chi connectivity index (χ0n) is 20.5. The molecule has 2 amide bonds. The molecule has 4 rings (SSSR count). The van der Waals surface area contributed by atoms with E-state index in [4.69, 9.17) is 14.2 Å². The average molecular weight is 493 g/mol. The summed E-state index contributed by atoms with van der Waals surface area (Å²) in [6, 6.07) is 19.4. The van der Waals surface area contributed by atoms with Gasteiger partial charge in [-0.15, -0.1) is 0 Å². The molecule has 0 aliphatic carbocycles. The third-order valence-corrected chi connectivity index (χ3v) is 6.19. The lowest BCUT2D eigenvalue weighted by molar-refractivity contribution is 0.0323. The van der Waals surface area contributed by atoms with E-state index < -0.39 is 24.1 Å². The molecule has 3 aromatic rings. The second-order valence-corrected chi connectivity index (χ2v) is 8.71. The maximum Gasteiger partial charge on any atom is 0.412 e. The third kappa shape index (κ3) is 5.66. The van der Waals surface area contributed by atoms with Crippen molar-refractivity contribution in [2.45, 2.75) is 32.7 Å². The highest BCUT2D eigenvalue weighted by molar-refractivity contribution is 5.97. The van der Waals surface area contributed by atoms with Crippen molar-refractivity contribution in [1.82, 2.24) is 4.90 Å². The summed E-state index contributed by atoms with van der Waals surface area (Å²) >= 11 is 0. The zero-order valence-corrected chi connectivity index (χ0v) is 20.5. The average Bonchev–Trinajstić information content (AvgIpc) is 3.28. The van der Waals surface area contributed by atoms with E-state index in [1.807, 2.05) is 62.4 Å². The summed E-state index contributed by atoms with van der Waals surface area (Å²) < 4.78 is 31.9. The van der Waals surface area contributed by atoms with E-state index >= 15 is 4.39 Å². The Morgan fingerprint density at radius 2 is 1.61 bits per heavy atom. The van der Waals surface area contributed by atoms with Crippen molar-refractivity contribution in [3.8, 4) is 5.75 Å². The highest BCUT2D eigenvalue weighted by Crippen LogP contribution is 2.29. The van der Waals surface area contributed by atoms with Gasteiger partial charge in [0, 0.05) is 12.7 Å². The van der Waals surface area contributed by atoms with Crippen LogP contribution in [-0.4, -0.2) is 49.3 Å². The number of hydrogen-bond donors (Lipinski definition) is 1. The molecule has 0 bridgehead atoms. The summed E-state index contributed by atoms with van der Waals surface area (Å²) in [7, 11) is 1.53. The molecule has 1 N–H and O–H groups in total. The molecule has 1 aliphatic heterocycles. The fourth-order valence-electron chi connectivity index (χ4n) is 4.29. The van der Waals surface area contributed by atoms with E-state index in [1.165, 1.54) is 19.2 Å². The molecule has 36 heavy (non-hydrogen) atoms. The molecule has 1 aliphatic rings. The van der Waals surface area contributed by atoms with Crippen LogP contribution in [0.25, 0.3) is 0 Å². The van der Waals surface area contributed by atoms with Gasteiger partial charge in [0.2, 0.25) is 0 Å². The number of carbonyl (C=O) groups excluding carboxylic acids is 2. The van der Waals surface area contributed by atoms with E-state index in [-0.39, 0.29) is 30.5 Å². The van der Waals surface area contributed by atoms with E-state index in [1.54, 1.807) is 11.0 Å². The van der Waals surface area contributed by atoms with Gasteiger partial charge in [-0.05, 0) is 42.7 Å². The quantitative estimate of drug-likeness (QED) is 0.496. The van der Waals surface area contributed by atoms with Gasteiger partial charge in [0.15, 0.2) is 11.6 Å². The number of ether oxygens (including phenoxy) is 3. The number of carbonyl (C=O) groups is 2. The van der Waals surface area contributed by atoms with Gasteiger partial charge in [-0.25, -0.2) is 9.18 Å². The van der Waals surface area contributed by atoms with E-state index in [0.717, 1.165) is 16.7 Å². The zero-order chi connectivity index (χ0) is 25.7. The Balaban J connectivity index is 1.42. The number of nitrogens with zero attached hydrogens (tertiary/aromatic N) is 1. The van der Waals surface area contributed by atoms with Crippen LogP contribution >= 0.6 is 0 Å². The number of anilines is 1. The Labute approximate surface area is 209 Å². The number of amides is 2. The van der Waals surface area contributed by atoms with Crippen LogP contribution in [0.1, 0.15) is 27.0 Å². The summed E-state index contributed by atoms with van der Waals surface area (Å²) in [6.07, 6.45) is -1.81. The lowest BCUT2D eigenvalue weighted by Crippen LogP contribution is -2.32. The number of aryl methyl sites for hydroxylation is 2. The number of hydrogen-bond acceptors (Lipinski definition) is 5. The number of benzene rings is 3. The lowest BCUT2D eigenvalue weighted by Gasteiger charge is -2.20. The van der Waals surface area contributed by atoms with Crippen molar-refractivity contribution in [3.05, 3.63) is 94.8 Å². The Kier molecular flexibility index (Phi) is 7.85. The highest BCUT2D eigenvalue weighted by atomic mass is 19.1. The molecule has 1 heterocycles. The molecule has 0 aromatic heterocycles. The van der Waals surface area contributed by atoms with Crippen molar-refractivity contribution in [3.63, 3.8) is 0 Å². The Bertz CT molecular complexity index is 1210. The monoisotopic (exact) mass is 492 g/mol. The lowest BCUT2D eigenvalue weighted by atomic mass is 10.0. The smallest absolute Gasteiger partial charge is 0.412 e. The second kappa shape index (κ2) is 11.2. The maximum absolute atomic E-state index is 15.2. The van der Waals surface area contributed by atoms with Gasteiger partial charge >= 0.3 is 6.09 Å². The van der Waals surface area contributed by atoms with Crippen LogP contribution in [0.3, 0.4) is 0 Å². The normalized spacial score (nSPS) is 17.1. The fraction of sp³-hybridized carbons (Fsp3) is 0.286. The van der Waals surface area contributed by atoms with Crippen LogP contribution in [0.15, 0.2) is 66.7 Å². The molecular formula is C28H29FN2O5. The van der Waals surface area contributed by atoms with E-state index in [2.05, 4.69) is 5.32 Å². The van der Waals surface area contributed by atoms with Crippen molar-refractivity contribution < 1.29 is 28.2 Å². The first-order valence-electron chi connectivity index (χ1n) is 11.7. The summed E-state index contributed by atoms with van der Waals surface area (Å²) in [5.74, 6) is -0.899. The van der Waals surface area contributed by atoms with Crippen molar-refractivity contribution in [2.75, 3.05) is 25.5 Å². The molecule has 0 radical (unpaired) electrons. The topological polar surface area (TPSA) is 77.1 Å². The fourth-order valence-corrected chi connectivity index (χ4v) is 4.29. The SMILES string of the molecule is CO[C@@H]1CN(C(=O)c2c(C)cccc2C)C[C@H]1Oc1cccc(NC(=O)OCc2ccccc2)c1F. The Morgan fingerprint density at radius 3 is 2.31 bits per heavy atom. The van der Waals surface area contributed by atoms with Crippen LogP contribution in [0.5, 0.6) is 5.75 Å². The largest absolute Gasteiger partial charge is 0.483 e. The van der Waals surface area contributed by atoms with Crippen LogP contribution < -0.4 is 10.1 Å². The predicted molar refractivity (Wildman–Crippen MR) is 134 cm³/mol. The molecule has 188 valence electrons. The molecule has 3 aromatic carbocycles. The van der Waals surface area contributed by atoms with Crippen LogP contribution in [0.2, 0.25) is 0 Å². The molecule has 7 nitrogen and oxygen atoms in total. The first-order valence-corrected chi connectivity index (χ1v) is 11.7. The molecular weight excluding hydrogens is 463 g/mol. The number of nitrogens with one attached hydrogen (secondary N) is 1. The predicted octanol–water partition coefficient (Wildman–Crippen LogP) is 5.11. The van der Waals surface area contributed by atoms with Crippen LogP contribution in [0, 0.1) is 19.7 Å². The van der Waals surface area contributed by atoms with Gasteiger partial charge in [0.25, 0.3) is 5.91 Å². The Morgan fingerprint density at radius 1 is 0.944 bits per heavy atom.